The maximum atomic E-state index is 9.84. The van der Waals surface area contributed by atoms with Crippen molar-refractivity contribution in [3.63, 3.8) is 0 Å². The second-order valence-corrected chi connectivity index (χ2v) is 3.60. The van der Waals surface area contributed by atoms with Gasteiger partial charge in [0.05, 0.1) is 6.10 Å². The van der Waals surface area contributed by atoms with Crippen LogP contribution in [-0.4, -0.2) is 5.11 Å². The first-order valence-electron chi connectivity index (χ1n) is 5.62. The molecule has 0 fully saturated rings. The fourth-order valence-electron chi connectivity index (χ4n) is 1.43. The minimum Gasteiger partial charge on any atom is -0.388 e. The van der Waals surface area contributed by atoms with Crippen LogP contribution in [0.1, 0.15) is 37.9 Å². The summed E-state index contributed by atoms with van der Waals surface area (Å²) in [5, 5.41) is 9.84. The van der Waals surface area contributed by atoms with Crippen LogP contribution in [0.4, 0.5) is 0 Å². The third-order valence-corrected chi connectivity index (χ3v) is 2.32. The van der Waals surface area contributed by atoms with Crippen molar-refractivity contribution in [1.82, 2.24) is 0 Å². The molecular weight excluding hydrogens is 196 g/mol. The Balaban J connectivity index is 2.29. The first-order chi connectivity index (χ1) is 7.84. The molecule has 0 spiro atoms. The molecule has 0 saturated heterocycles. The molecule has 0 bridgehead atoms. The molecule has 1 aromatic rings. The number of hydrogen-bond donors (Lipinski definition) is 1. The van der Waals surface area contributed by atoms with Crippen molar-refractivity contribution >= 4 is 0 Å². The number of hydrogen-bond acceptors (Lipinski definition) is 1. The highest BCUT2D eigenvalue weighted by molar-refractivity contribution is 5.17. The van der Waals surface area contributed by atoms with Crippen molar-refractivity contribution in [2.24, 2.45) is 0 Å². The van der Waals surface area contributed by atoms with Crippen molar-refractivity contribution in [2.45, 2.75) is 32.3 Å². The molecule has 1 unspecified atom stereocenters. The molecule has 1 N–H and O–H groups in total. The van der Waals surface area contributed by atoms with Crippen molar-refractivity contribution in [1.29, 1.82) is 0 Å². The van der Waals surface area contributed by atoms with Gasteiger partial charge in [0.2, 0.25) is 0 Å². The molecule has 1 atom stereocenters. The molecule has 0 aliphatic heterocycles. The number of unbranched alkanes of at least 4 members (excludes halogenated alkanes) is 1. The summed E-state index contributed by atoms with van der Waals surface area (Å²) in [7, 11) is 0. The van der Waals surface area contributed by atoms with Crippen LogP contribution in [0.2, 0.25) is 0 Å². The Morgan fingerprint density at radius 1 is 1.25 bits per heavy atom. The van der Waals surface area contributed by atoms with Crippen LogP contribution in [0.15, 0.2) is 42.5 Å². The Hall–Kier alpha value is -1.52. The first kappa shape index (κ1) is 12.5. The largest absolute Gasteiger partial charge is 0.388 e. The molecular formula is C15H18O. The van der Waals surface area contributed by atoms with Crippen LogP contribution in [0.25, 0.3) is 0 Å². The van der Waals surface area contributed by atoms with Gasteiger partial charge in [-0.25, -0.2) is 0 Å². The van der Waals surface area contributed by atoms with E-state index in [4.69, 9.17) is 0 Å². The normalized spacial score (nSPS) is 12.1. The van der Waals surface area contributed by atoms with Crippen LogP contribution in [0.5, 0.6) is 0 Å². The Morgan fingerprint density at radius 3 is 2.69 bits per heavy atom. The smallest absolute Gasteiger partial charge is 0.0824 e. The van der Waals surface area contributed by atoms with E-state index >= 15 is 0 Å². The summed E-state index contributed by atoms with van der Waals surface area (Å²) in [4.78, 5) is 0. The Kier molecular flexibility index (Phi) is 6.06. The maximum Gasteiger partial charge on any atom is 0.0824 e. The standard InChI is InChI=1S/C15H18O/c1-2-3-4-5-6-10-13-15(16)14-11-8-7-9-12-14/h6-12,15-16H,4-5,13H2,1H3/b10-6+. The van der Waals surface area contributed by atoms with E-state index in [2.05, 4.69) is 17.9 Å². The van der Waals surface area contributed by atoms with Crippen molar-refractivity contribution < 1.29 is 5.11 Å². The quantitative estimate of drug-likeness (QED) is 0.452. The fraction of sp³-hybridized carbons (Fsp3) is 0.333. The predicted molar refractivity (Wildman–Crippen MR) is 67.8 cm³/mol. The van der Waals surface area contributed by atoms with Crippen LogP contribution < -0.4 is 0 Å². The lowest BCUT2D eigenvalue weighted by Gasteiger charge is -2.07. The van der Waals surface area contributed by atoms with Gasteiger partial charge >= 0.3 is 0 Å². The molecule has 1 rings (SSSR count). The highest BCUT2D eigenvalue weighted by Gasteiger charge is 2.02. The van der Waals surface area contributed by atoms with Crippen LogP contribution in [-0.2, 0) is 0 Å². The molecule has 0 aliphatic carbocycles. The molecule has 0 aliphatic rings. The lowest BCUT2D eigenvalue weighted by atomic mass is 10.1. The van der Waals surface area contributed by atoms with Gasteiger partial charge in [-0.3, -0.25) is 0 Å². The number of aliphatic hydroxyl groups excluding tert-OH is 1. The second kappa shape index (κ2) is 7.73. The molecule has 0 saturated carbocycles. The van der Waals surface area contributed by atoms with E-state index in [0.717, 1.165) is 18.4 Å². The zero-order chi connectivity index (χ0) is 11.6. The number of allylic oxidation sites excluding steroid dienone is 1. The lowest BCUT2D eigenvalue weighted by Crippen LogP contribution is -1.94. The molecule has 0 amide bonds. The minimum absolute atomic E-state index is 0.394. The highest BCUT2D eigenvalue weighted by atomic mass is 16.3. The summed E-state index contributed by atoms with van der Waals surface area (Å²) in [5.41, 5.74) is 0.973. The third-order valence-electron chi connectivity index (χ3n) is 2.32. The van der Waals surface area contributed by atoms with Gasteiger partial charge in [0.1, 0.15) is 0 Å². The van der Waals surface area contributed by atoms with Gasteiger partial charge in [0, 0.05) is 6.42 Å². The van der Waals surface area contributed by atoms with E-state index < -0.39 is 6.10 Å². The predicted octanol–water partition coefficient (Wildman–Crippen LogP) is 3.47. The van der Waals surface area contributed by atoms with Gasteiger partial charge in [-0.05, 0) is 25.3 Å². The van der Waals surface area contributed by atoms with Crippen LogP contribution >= 0.6 is 0 Å². The highest BCUT2D eigenvalue weighted by Crippen LogP contribution is 2.16. The number of aliphatic hydroxyl groups is 1. The van der Waals surface area contributed by atoms with E-state index in [0.29, 0.717) is 6.42 Å². The SMILES string of the molecule is CC#CCC/C=C/CC(O)c1ccccc1. The summed E-state index contributed by atoms with van der Waals surface area (Å²) in [6.45, 7) is 1.85. The van der Waals surface area contributed by atoms with Gasteiger partial charge in [-0.15, -0.1) is 11.8 Å². The summed E-state index contributed by atoms with van der Waals surface area (Å²) in [6.07, 6.45) is 6.24. The van der Waals surface area contributed by atoms with Crippen LogP contribution in [0, 0.1) is 11.8 Å². The first-order valence-corrected chi connectivity index (χ1v) is 5.62. The van der Waals surface area contributed by atoms with E-state index in [1.54, 1.807) is 0 Å². The van der Waals surface area contributed by atoms with Gasteiger partial charge in [0.15, 0.2) is 0 Å². The van der Waals surface area contributed by atoms with E-state index in [-0.39, 0.29) is 0 Å². The number of benzene rings is 1. The Labute approximate surface area is 97.8 Å². The molecule has 1 heteroatoms. The fourth-order valence-corrected chi connectivity index (χ4v) is 1.43. The third kappa shape index (κ3) is 4.82. The zero-order valence-electron chi connectivity index (χ0n) is 9.69. The summed E-state index contributed by atoms with van der Waals surface area (Å²) >= 11 is 0. The lowest BCUT2D eigenvalue weighted by molar-refractivity contribution is 0.181. The summed E-state index contributed by atoms with van der Waals surface area (Å²) in [6, 6.07) is 9.73. The summed E-state index contributed by atoms with van der Waals surface area (Å²) in [5.74, 6) is 5.86. The molecule has 1 aromatic carbocycles. The second-order valence-electron chi connectivity index (χ2n) is 3.60. The molecule has 0 heterocycles. The minimum atomic E-state index is -0.394. The molecule has 0 radical (unpaired) electrons. The summed E-state index contributed by atoms with van der Waals surface area (Å²) < 4.78 is 0. The van der Waals surface area contributed by atoms with Crippen LogP contribution in [0.3, 0.4) is 0 Å². The van der Waals surface area contributed by atoms with Gasteiger partial charge < -0.3 is 5.11 Å². The van der Waals surface area contributed by atoms with Gasteiger partial charge in [-0.2, -0.15) is 0 Å². The van der Waals surface area contributed by atoms with Gasteiger partial charge in [-0.1, -0.05) is 42.5 Å². The van der Waals surface area contributed by atoms with E-state index in [1.807, 2.05) is 43.3 Å². The zero-order valence-corrected chi connectivity index (χ0v) is 9.69. The Morgan fingerprint density at radius 2 is 2.00 bits per heavy atom. The van der Waals surface area contributed by atoms with Crippen molar-refractivity contribution in [2.75, 3.05) is 0 Å². The molecule has 16 heavy (non-hydrogen) atoms. The number of rotatable bonds is 5. The van der Waals surface area contributed by atoms with E-state index in [9.17, 15) is 5.11 Å². The molecule has 0 aromatic heterocycles. The molecule has 84 valence electrons. The topological polar surface area (TPSA) is 20.2 Å². The Bertz CT molecular complexity index is 367. The average Bonchev–Trinajstić information content (AvgIpc) is 2.34. The van der Waals surface area contributed by atoms with Crippen molar-refractivity contribution in [3.05, 3.63) is 48.0 Å². The van der Waals surface area contributed by atoms with Gasteiger partial charge in [0.25, 0.3) is 0 Å². The van der Waals surface area contributed by atoms with E-state index in [1.165, 1.54) is 0 Å². The maximum absolute atomic E-state index is 9.84. The monoisotopic (exact) mass is 214 g/mol. The average molecular weight is 214 g/mol. The van der Waals surface area contributed by atoms with Crippen molar-refractivity contribution in [3.8, 4) is 11.8 Å². The molecule has 1 nitrogen and oxygen atoms in total.